The van der Waals surface area contributed by atoms with Gasteiger partial charge in [0, 0.05) is 49.3 Å². The first kappa shape index (κ1) is 19.2. The van der Waals surface area contributed by atoms with Crippen molar-refractivity contribution in [1.82, 2.24) is 9.97 Å². The molecular formula is C24H29N5. The molecule has 29 heavy (non-hydrogen) atoms. The van der Waals surface area contributed by atoms with Gasteiger partial charge < -0.3 is 15.1 Å². The van der Waals surface area contributed by atoms with E-state index in [-0.39, 0.29) is 0 Å². The second-order valence-electron chi connectivity index (χ2n) is 7.95. The van der Waals surface area contributed by atoms with E-state index in [1.807, 2.05) is 6.92 Å². The van der Waals surface area contributed by atoms with Crippen LogP contribution in [0.1, 0.15) is 22.4 Å². The van der Waals surface area contributed by atoms with Crippen LogP contribution >= 0.6 is 0 Å². The van der Waals surface area contributed by atoms with E-state index in [0.29, 0.717) is 5.95 Å². The minimum atomic E-state index is 0.662. The summed E-state index contributed by atoms with van der Waals surface area (Å²) in [6, 6.07) is 17.2. The number of anilines is 4. The van der Waals surface area contributed by atoms with E-state index in [2.05, 4.69) is 89.4 Å². The van der Waals surface area contributed by atoms with Gasteiger partial charge in [0.15, 0.2) is 0 Å². The number of piperazine rings is 1. The van der Waals surface area contributed by atoms with Gasteiger partial charge in [0.25, 0.3) is 0 Å². The standard InChI is InChI=1S/C24H29N5/c1-17-6-5-7-21(14-17)28-10-12-29(13-11-28)23-16-20(4)25-24(27-23)26-22-15-18(2)8-9-19(22)3/h5-9,14-16H,10-13H2,1-4H3,(H,25,26,27). The van der Waals surface area contributed by atoms with Crippen LogP contribution in [-0.4, -0.2) is 36.1 Å². The number of hydrogen-bond donors (Lipinski definition) is 1. The molecular weight excluding hydrogens is 358 g/mol. The Morgan fingerprint density at radius 1 is 0.759 bits per heavy atom. The van der Waals surface area contributed by atoms with Crippen LogP contribution in [-0.2, 0) is 0 Å². The molecule has 1 fully saturated rings. The van der Waals surface area contributed by atoms with Crippen molar-refractivity contribution in [3.8, 4) is 0 Å². The molecule has 0 radical (unpaired) electrons. The summed E-state index contributed by atoms with van der Waals surface area (Å²) in [6.07, 6.45) is 0. The number of hydrogen-bond acceptors (Lipinski definition) is 5. The van der Waals surface area contributed by atoms with Crippen molar-refractivity contribution < 1.29 is 0 Å². The molecule has 1 aliphatic heterocycles. The van der Waals surface area contributed by atoms with Gasteiger partial charge in [-0.2, -0.15) is 4.98 Å². The Labute approximate surface area is 173 Å². The highest BCUT2D eigenvalue weighted by atomic mass is 15.3. The van der Waals surface area contributed by atoms with Gasteiger partial charge in [-0.25, -0.2) is 4.98 Å². The number of aryl methyl sites for hydroxylation is 4. The molecule has 1 saturated heterocycles. The highest BCUT2D eigenvalue weighted by Gasteiger charge is 2.19. The lowest BCUT2D eigenvalue weighted by Crippen LogP contribution is -2.47. The fourth-order valence-corrected chi connectivity index (χ4v) is 3.78. The van der Waals surface area contributed by atoms with Gasteiger partial charge in [-0.15, -0.1) is 0 Å². The van der Waals surface area contributed by atoms with E-state index in [4.69, 9.17) is 4.98 Å². The van der Waals surface area contributed by atoms with E-state index in [1.165, 1.54) is 22.4 Å². The van der Waals surface area contributed by atoms with Crippen molar-refractivity contribution in [1.29, 1.82) is 0 Å². The first-order valence-corrected chi connectivity index (χ1v) is 10.2. The second-order valence-corrected chi connectivity index (χ2v) is 7.95. The predicted molar refractivity (Wildman–Crippen MR) is 122 cm³/mol. The van der Waals surface area contributed by atoms with Crippen molar-refractivity contribution in [2.75, 3.05) is 41.3 Å². The number of benzene rings is 2. The highest BCUT2D eigenvalue weighted by molar-refractivity contribution is 5.61. The van der Waals surface area contributed by atoms with Crippen molar-refractivity contribution >= 4 is 23.1 Å². The molecule has 0 saturated carbocycles. The second kappa shape index (κ2) is 8.11. The summed E-state index contributed by atoms with van der Waals surface area (Å²) in [5.74, 6) is 1.66. The molecule has 5 heteroatoms. The molecule has 1 aromatic heterocycles. The first-order chi connectivity index (χ1) is 14.0. The molecule has 1 aliphatic rings. The zero-order chi connectivity index (χ0) is 20.4. The maximum atomic E-state index is 4.82. The Hall–Kier alpha value is -3.08. The summed E-state index contributed by atoms with van der Waals surface area (Å²) in [7, 11) is 0. The molecule has 0 spiro atoms. The minimum absolute atomic E-state index is 0.662. The van der Waals surface area contributed by atoms with Crippen LogP contribution in [0.5, 0.6) is 0 Å². The van der Waals surface area contributed by atoms with Gasteiger partial charge in [0.1, 0.15) is 5.82 Å². The highest BCUT2D eigenvalue weighted by Crippen LogP contribution is 2.24. The van der Waals surface area contributed by atoms with Gasteiger partial charge in [-0.3, -0.25) is 0 Å². The van der Waals surface area contributed by atoms with Gasteiger partial charge >= 0.3 is 0 Å². The lowest BCUT2D eigenvalue weighted by molar-refractivity contribution is 0.646. The zero-order valence-corrected chi connectivity index (χ0v) is 17.7. The van der Waals surface area contributed by atoms with Crippen LogP contribution in [0.2, 0.25) is 0 Å². The Kier molecular flexibility index (Phi) is 5.38. The maximum Gasteiger partial charge on any atom is 0.229 e. The molecule has 0 bridgehead atoms. The van der Waals surface area contributed by atoms with Crippen molar-refractivity contribution in [2.24, 2.45) is 0 Å². The topological polar surface area (TPSA) is 44.3 Å². The molecule has 0 amide bonds. The monoisotopic (exact) mass is 387 g/mol. The fourth-order valence-electron chi connectivity index (χ4n) is 3.78. The zero-order valence-electron chi connectivity index (χ0n) is 17.7. The summed E-state index contributed by atoms with van der Waals surface area (Å²) < 4.78 is 0. The van der Waals surface area contributed by atoms with Gasteiger partial charge in [-0.05, 0) is 62.6 Å². The molecule has 150 valence electrons. The smallest absolute Gasteiger partial charge is 0.229 e. The van der Waals surface area contributed by atoms with Crippen molar-refractivity contribution in [3.63, 3.8) is 0 Å². The Morgan fingerprint density at radius 3 is 2.24 bits per heavy atom. The number of nitrogens with one attached hydrogen (secondary N) is 1. The SMILES string of the molecule is Cc1cccc(N2CCN(c3cc(C)nc(Nc4cc(C)ccc4C)n3)CC2)c1. The molecule has 0 aliphatic carbocycles. The largest absolute Gasteiger partial charge is 0.368 e. The summed E-state index contributed by atoms with van der Waals surface area (Å²) in [4.78, 5) is 14.2. The van der Waals surface area contributed by atoms with Crippen LogP contribution in [0.4, 0.5) is 23.1 Å². The molecule has 3 aromatic rings. The molecule has 5 nitrogen and oxygen atoms in total. The maximum absolute atomic E-state index is 4.82. The Morgan fingerprint density at radius 2 is 1.48 bits per heavy atom. The molecule has 1 N–H and O–H groups in total. The molecule has 2 heterocycles. The van der Waals surface area contributed by atoms with E-state index < -0.39 is 0 Å². The average Bonchev–Trinajstić information content (AvgIpc) is 2.70. The van der Waals surface area contributed by atoms with Crippen LogP contribution in [0.3, 0.4) is 0 Å². The minimum Gasteiger partial charge on any atom is -0.368 e. The van der Waals surface area contributed by atoms with E-state index in [9.17, 15) is 0 Å². The van der Waals surface area contributed by atoms with E-state index >= 15 is 0 Å². The summed E-state index contributed by atoms with van der Waals surface area (Å²) in [5.41, 5.74) is 7.06. The normalized spacial score (nSPS) is 14.2. The van der Waals surface area contributed by atoms with E-state index in [1.54, 1.807) is 0 Å². The fraction of sp³-hybridized carbons (Fsp3) is 0.333. The third-order valence-electron chi connectivity index (χ3n) is 5.45. The van der Waals surface area contributed by atoms with Crippen molar-refractivity contribution in [2.45, 2.75) is 27.7 Å². The third kappa shape index (κ3) is 4.50. The summed E-state index contributed by atoms with van der Waals surface area (Å²) in [6.45, 7) is 12.3. The lowest BCUT2D eigenvalue weighted by atomic mass is 10.1. The average molecular weight is 388 g/mol. The lowest BCUT2D eigenvalue weighted by Gasteiger charge is -2.37. The molecule has 0 atom stereocenters. The summed E-state index contributed by atoms with van der Waals surface area (Å²) in [5, 5.41) is 3.41. The quantitative estimate of drug-likeness (QED) is 0.698. The Balaban J connectivity index is 1.49. The number of rotatable bonds is 4. The van der Waals surface area contributed by atoms with Crippen LogP contribution in [0.25, 0.3) is 0 Å². The van der Waals surface area contributed by atoms with Crippen LogP contribution in [0, 0.1) is 27.7 Å². The van der Waals surface area contributed by atoms with Crippen LogP contribution < -0.4 is 15.1 Å². The van der Waals surface area contributed by atoms with Gasteiger partial charge in [0.05, 0.1) is 0 Å². The van der Waals surface area contributed by atoms with E-state index in [0.717, 1.165) is 43.4 Å². The summed E-state index contributed by atoms with van der Waals surface area (Å²) >= 11 is 0. The first-order valence-electron chi connectivity index (χ1n) is 10.2. The third-order valence-corrected chi connectivity index (χ3v) is 5.45. The predicted octanol–water partition coefficient (Wildman–Crippen LogP) is 4.78. The molecule has 4 rings (SSSR count). The van der Waals surface area contributed by atoms with Crippen LogP contribution in [0.15, 0.2) is 48.5 Å². The van der Waals surface area contributed by atoms with Gasteiger partial charge in [-0.1, -0.05) is 24.3 Å². The van der Waals surface area contributed by atoms with Gasteiger partial charge in [0.2, 0.25) is 5.95 Å². The molecule has 0 unspecified atom stereocenters. The number of aromatic nitrogens is 2. The van der Waals surface area contributed by atoms with Crippen molar-refractivity contribution in [3.05, 3.63) is 70.9 Å². The number of nitrogens with zero attached hydrogens (tertiary/aromatic N) is 4. The Bertz CT molecular complexity index is 1010. The molecule has 2 aromatic carbocycles.